The van der Waals surface area contributed by atoms with E-state index in [1.54, 1.807) is 23.4 Å². The number of likely N-dealkylation sites (tertiary alicyclic amines) is 1. The van der Waals surface area contributed by atoms with Crippen LogP contribution in [0.1, 0.15) is 18.9 Å². The van der Waals surface area contributed by atoms with Gasteiger partial charge in [0.2, 0.25) is 0 Å². The fourth-order valence-corrected chi connectivity index (χ4v) is 3.14. The maximum atomic E-state index is 13.8. The highest BCUT2D eigenvalue weighted by Crippen LogP contribution is 2.24. The third-order valence-corrected chi connectivity index (χ3v) is 4.74. The first kappa shape index (κ1) is 15.8. The van der Waals surface area contributed by atoms with E-state index in [0.717, 1.165) is 12.8 Å². The molecule has 1 fully saturated rings. The zero-order chi connectivity index (χ0) is 16.2. The summed E-state index contributed by atoms with van der Waals surface area (Å²) in [7, 11) is 0. The van der Waals surface area contributed by atoms with Crippen molar-refractivity contribution in [3.8, 4) is 0 Å². The summed E-state index contributed by atoms with van der Waals surface area (Å²) in [4.78, 5) is 18.5. The number of thioether (sulfide) groups is 1. The lowest BCUT2D eigenvalue weighted by atomic mass is 10.1. The van der Waals surface area contributed by atoms with Crippen molar-refractivity contribution in [1.82, 2.24) is 19.7 Å². The summed E-state index contributed by atoms with van der Waals surface area (Å²) < 4.78 is 15.6. The molecule has 1 saturated heterocycles. The molecular formula is C15H18FN5OS. The minimum Gasteiger partial charge on any atom is -0.324 e. The topological polar surface area (TPSA) is 63.1 Å². The minimum atomic E-state index is -0.319. The summed E-state index contributed by atoms with van der Waals surface area (Å²) in [5.74, 6) is -0.319. The van der Waals surface area contributed by atoms with Gasteiger partial charge in [-0.1, -0.05) is 0 Å². The van der Waals surface area contributed by atoms with E-state index in [2.05, 4.69) is 15.4 Å². The fourth-order valence-electron chi connectivity index (χ4n) is 2.69. The van der Waals surface area contributed by atoms with Gasteiger partial charge in [0.1, 0.15) is 18.5 Å². The van der Waals surface area contributed by atoms with Crippen LogP contribution in [0.4, 0.5) is 14.9 Å². The second-order valence-electron chi connectivity index (χ2n) is 5.37. The number of halogens is 1. The van der Waals surface area contributed by atoms with Crippen molar-refractivity contribution in [3.63, 3.8) is 0 Å². The average Bonchev–Trinajstić information content (AvgIpc) is 3.09. The van der Waals surface area contributed by atoms with E-state index < -0.39 is 0 Å². The highest BCUT2D eigenvalue weighted by atomic mass is 32.2. The van der Waals surface area contributed by atoms with Gasteiger partial charge in [-0.3, -0.25) is 0 Å². The fraction of sp³-hybridized carbons (Fsp3) is 0.400. The van der Waals surface area contributed by atoms with Gasteiger partial charge in [-0.25, -0.2) is 18.9 Å². The normalized spacial score (nSPS) is 15.7. The van der Waals surface area contributed by atoms with Gasteiger partial charge in [0, 0.05) is 23.7 Å². The van der Waals surface area contributed by atoms with Crippen molar-refractivity contribution in [1.29, 1.82) is 0 Å². The van der Waals surface area contributed by atoms with Gasteiger partial charge in [-0.15, -0.1) is 11.8 Å². The number of rotatable bonds is 3. The van der Waals surface area contributed by atoms with Gasteiger partial charge in [0.05, 0.1) is 6.04 Å². The summed E-state index contributed by atoms with van der Waals surface area (Å²) in [6.07, 6.45) is 6.70. The van der Waals surface area contributed by atoms with Gasteiger partial charge in [-0.2, -0.15) is 5.10 Å². The highest BCUT2D eigenvalue weighted by Gasteiger charge is 2.24. The van der Waals surface area contributed by atoms with Gasteiger partial charge >= 0.3 is 6.03 Å². The van der Waals surface area contributed by atoms with Crippen LogP contribution in [0, 0.1) is 5.82 Å². The predicted octanol–water partition coefficient (Wildman–Crippen LogP) is 3.01. The number of carbonyl (C=O) groups excluding carboxylic acids is 1. The molecule has 6 nitrogen and oxygen atoms in total. The number of carbonyl (C=O) groups is 1. The number of anilines is 1. The Hall–Kier alpha value is -2.09. The van der Waals surface area contributed by atoms with E-state index in [1.165, 1.54) is 24.2 Å². The van der Waals surface area contributed by atoms with Crippen LogP contribution in [0.3, 0.4) is 0 Å². The molecule has 0 radical (unpaired) electrons. The van der Waals surface area contributed by atoms with E-state index in [1.807, 2.05) is 10.9 Å². The molecule has 1 aliphatic rings. The zero-order valence-corrected chi connectivity index (χ0v) is 13.6. The molecule has 1 aromatic carbocycles. The standard InChI is InChI=1S/C15H18FN5OS/c1-23-14-3-2-11(8-13(14)16)19-15(22)20-6-4-12(5-7-20)21-10-17-9-18-21/h2-3,8-10,12H,4-7H2,1H3,(H,19,22). The Morgan fingerprint density at radius 3 is 2.78 bits per heavy atom. The summed E-state index contributed by atoms with van der Waals surface area (Å²) in [5, 5.41) is 6.90. The van der Waals surface area contributed by atoms with Crippen molar-refractivity contribution >= 4 is 23.5 Å². The van der Waals surface area contributed by atoms with Crippen LogP contribution in [0.2, 0.25) is 0 Å². The van der Waals surface area contributed by atoms with Crippen molar-refractivity contribution in [2.45, 2.75) is 23.8 Å². The number of hydrogen-bond donors (Lipinski definition) is 1. The van der Waals surface area contributed by atoms with Crippen LogP contribution in [-0.2, 0) is 0 Å². The van der Waals surface area contributed by atoms with E-state index in [9.17, 15) is 9.18 Å². The lowest BCUT2D eigenvalue weighted by Crippen LogP contribution is -2.41. The molecule has 0 bridgehead atoms. The number of nitrogens with zero attached hydrogens (tertiary/aromatic N) is 4. The largest absolute Gasteiger partial charge is 0.324 e. The second-order valence-corrected chi connectivity index (χ2v) is 6.22. The summed E-state index contributed by atoms with van der Waals surface area (Å²) >= 11 is 1.34. The Bertz CT molecular complexity index is 671. The highest BCUT2D eigenvalue weighted by molar-refractivity contribution is 7.98. The molecule has 3 rings (SSSR count). The first-order valence-corrected chi connectivity index (χ1v) is 8.63. The van der Waals surface area contributed by atoms with Crippen LogP contribution < -0.4 is 5.32 Å². The van der Waals surface area contributed by atoms with Crippen molar-refractivity contribution < 1.29 is 9.18 Å². The Labute approximate surface area is 138 Å². The molecule has 2 aromatic rings. The third kappa shape index (κ3) is 3.64. The Balaban J connectivity index is 1.56. The minimum absolute atomic E-state index is 0.196. The van der Waals surface area contributed by atoms with Crippen molar-refractivity contribution in [2.75, 3.05) is 24.7 Å². The monoisotopic (exact) mass is 335 g/mol. The van der Waals surface area contributed by atoms with Crippen LogP contribution >= 0.6 is 11.8 Å². The molecule has 2 amide bonds. The van der Waals surface area contributed by atoms with E-state index in [4.69, 9.17) is 0 Å². The number of aromatic nitrogens is 3. The van der Waals surface area contributed by atoms with E-state index in [-0.39, 0.29) is 17.9 Å². The van der Waals surface area contributed by atoms with Crippen molar-refractivity contribution in [3.05, 3.63) is 36.7 Å². The number of piperidine rings is 1. The summed E-state index contributed by atoms with van der Waals surface area (Å²) in [5.41, 5.74) is 0.476. The molecule has 8 heteroatoms. The maximum absolute atomic E-state index is 13.8. The number of urea groups is 1. The molecule has 1 aromatic heterocycles. The molecule has 0 atom stereocenters. The predicted molar refractivity (Wildman–Crippen MR) is 87.1 cm³/mol. The zero-order valence-electron chi connectivity index (χ0n) is 12.8. The quantitative estimate of drug-likeness (QED) is 0.876. The molecule has 122 valence electrons. The van der Waals surface area contributed by atoms with E-state index in [0.29, 0.717) is 23.7 Å². The van der Waals surface area contributed by atoms with Gasteiger partial charge in [-0.05, 0) is 37.3 Å². The first-order chi connectivity index (χ1) is 11.2. The molecule has 23 heavy (non-hydrogen) atoms. The Morgan fingerprint density at radius 1 is 1.39 bits per heavy atom. The van der Waals surface area contributed by atoms with Gasteiger partial charge in [0.25, 0.3) is 0 Å². The molecule has 0 saturated carbocycles. The summed E-state index contributed by atoms with van der Waals surface area (Å²) in [6.45, 7) is 1.28. The Morgan fingerprint density at radius 2 is 2.17 bits per heavy atom. The molecule has 1 N–H and O–H groups in total. The number of nitrogens with one attached hydrogen (secondary N) is 1. The molecular weight excluding hydrogens is 317 g/mol. The van der Waals surface area contributed by atoms with Gasteiger partial charge in [0.15, 0.2) is 0 Å². The Kier molecular flexibility index (Phi) is 4.80. The number of amides is 2. The first-order valence-electron chi connectivity index (χ1n) is 7.41. The number of benzene rings is 1. The smallest absolute Gasteiger partial charge is 0.321 e. The van der Waals surface area contributed by atoms with Crippen molar-refractivity contribution in [2.24, 2.45) is 0 Å². The SMILES string of the molecule is CSc1ccc(NC(=O)N2CCC(n3cncn3)CC2)cc1F. The van der Waals surface area contributed by atoms with Crippen LogP contribution in [0.25, 0.3) is 0 Å². The van der Waals surface area contributed by atoms with Gasteiger partial charge < -0.3 is 10.2 Å². The second kappa shape index (κ2) is 6.99. The van der Waals surface area contributed by atoms with E-state index >= 15 is 0 Å². The average molecular weight is 335 g/mol. The third-order valence-electron chi connectivity index (χ3n) is 3.97. The molecule has 1 aliphatic heterocycles. The molecule has 0 unspecified atom stereocenters. The lowest BCUT2D eigenvalue weighted by molar-refractivity contribution is 0.180. The van der Waals surface area contributed by atoms with Crippen LogP contribution in [0.5, 0.6) is 0 Å². The lowest BCUT2D eigenvalue weighted by Gasteiger charge is -2.31. The molecule has 2 heterocycles. The molecule has 0 aliphatic carbocycles. The van der Waals surface area contributed by atoms with Crippen LogP contribution in [-0.4, -0.2) is 45.0 Å². The number of hydrogen-bond acceptors (Lipinski definition) is 4. The maximum Gasteiger partial charge on any atom is 0.321 e. The summed E-state index contributed by atoms with van der Waals surface area (Å²) in [6, 6.07) is 4.83. The van der Waals surface area contributed by atoms with Crippen LogP contribution in [0.15, 0.2) is 35.7 Å². The molecule has 0 spiro atoms.